The van der Waals surface area contributed by atoms with Crippen molar-refractivity contribution in [2.24, 2.45) is 0 Å². The first-order valence-electron chi connectivity index (χ1n) is 6.10. The third kappa shape index (κ3) is 3.03. The van der Waals surface area contributed by atoms with Crippen LogP contribution in [0.4, 0.5) is 5.82 Å². The Morgan fingerprint density at radius 1 is 1.47 bits per heavy atom. The molecule has 0 atom stereocenters. The zero-order chi connectivity index (χ0) is 12.3. The SMILES string of the molecule is CC(C)n1ccnc(NC2CCSCC2)c1=O. The molecular formula is C12H19N3OS. The van der Waals surface area contributed by atoms with E-state index in [1.165, 1.54) is 11.5 Å². The molecule has 1 N–H and O–H groups in total. The van der Waals surface area contributed by atoms with E-state index in [0.717, 1.165) is 12.8 Å². The van der Waals surface area contributed by atoms with Crippen LogP contribution in [0.25, 0.3) is 0 Å². The van der Waals surface area contributed by atoms with Gasteiger partial charge in [0.25, 0.3) is 5.56 Å². The largest absolute Gasteiger partial charge is 0.363 e. The van der Waals surface area contributed by atoms with Crippen molar-refractivity contribution in [3.8, 4) is 0 Å². The van der Waals surface area contributed by atoms with Gasteiger partial charge in [0.1, 0.15) is 0 Å². The number of rotatable bonds is 3. The Morgan fingerprint density at radius 2 is 2.18 bits per heavy atom. The fourth-order valence-corrected chi connectivity index (χ4v) is 3.07. The lowest BCUT2D eigenvalue weighted by molar-refractivity contribution is 0.572. The number of hydrogen-bond donors (Lipinski definition) is 1. The Labute approximate surface area is 106 Å². The molecule has 1 aromatic heterocycles. The summed E-state index contributed by atoms with van der Waals surface area (Å²) < 4.78 is 1.72. The third-order valence-corrected chi connectivity index (χ3v) is 4.04. The van der Waals surface area contributed by atoms with Crippen LogP contribution in [0.2, 0.25) is 0 Å². The maximum Gasteiger partial charge on any atom is 0.293 e. The van der Waals surface area contributed by atoms with Gasteiger partial charge >= 0.3 is 0 Å². The molecule has 94 valence electrons. The number of aromatic nitrogens is 2. The van der Waals surface area contributed by atoms with E-state index in [2.05, 4.69) is 10.3 Å². The minimum Gasteiger partial charge on any atom is -0.363 e. The van der Waals surface area contributed by atoms with Crippen LogP contribution in [-0.2, 0) is 0 Å². The van der Waals surface area contributed by atoms with Crippen LogP contribution in [0.1, 0.15) is 32.7 Å². The molecule has 0 spiro atoms. The van der Waals surface area contributed by atoms with Gasteiger partial charge in [-0.1, -0.05) is 0 Å². The first kappa shape index (κ1) is 12.5. The highest BCUT2D eigenvalue weighted by molar-refractivity contribution is 7.99. The molecule has 0 aromatic carbocycles. The molecule has 2 rings (SSSR count). The van der Waals surface area contributed by atoms with Gasteiger partial charge in [-0.05, 0) is 38.2 Å². The van der Waals surface area contributed by atoms with E-state index in [0.29, 0.717) is 11.9 Å². The fourth-order valence-electron chi connectivity index (χ4n) is 1.97. The average Bonchev–Trinajstić information content (AvgIpc) is 2.33. The lowest BCUT2D eigenvalue weighted by Gasteiger charge is -2.23. The zero-order valence-electron chi connectivity index (χ0n) is 10.3. The molecule has 17 heavy (non-hydrogen) atoms. The Morgan fingerprint density at radius 3 is 2.82 bits per heavy atom. The normalized spacial score (nSPS) is 17.4. The lowest BCUT2D eigenvalue weighted by atomic mass is 10.1. The van der Waals surface area contributed by atoms with E-state index in [4.69, 9.17) is 0 Å². The van der Waals surface area contributed by atoms with Gasteiger partial charge in [-0.25, -0.2) is 4.98 Å². The van der Waals surface area contributed by atoms with Crippen molar-refractivity contribution in [1.29, 1.82) is 0 Å². The number of thioether (sulfide) groups is 1. The van der Waals surface area contributed by atoms with Crippen molar-refractivity contribution in [3.63, 3.8) is 0 Å². The van der Waals surface area contributed by atoms with Crippen LogP contribution in [0.15, 0.2) is 17.2 Å². The Kier molecular flexibility index (Phi) is 4.10. The summed E-state index contributed by atoms with van der Waals surface area (Å²) in [5, 5.41) is 3.29. The van der Waals surface area contributed by atoms with E-state index in [1.54, 1.807) is 17.0 Å². The summed E-state index contributed by atoms with van der Waals surface area (Å²) in [5.74, 6) is 2.84. The molecule has 2 heterocycles. The molecule has 1 aromatic rings. The first-order chi connectivity index (χ1) is 8.18. The molecule has 0 aliphatic carbocycles. The molecule has 0 radical (unpaired) electrons. The van der Waals surface area contributed by atoms with E-state index in [1.807, 2.05) is 25.6 Å². The van der Waals surface area contributed by atoms with Gasteiger partial charge in [0.15, 0.2) is 5.82 Å². The smallest absolute Gasteiger partial charge is 0.293 e. The lowest BCUT2D eigenvalue weighted by Crippen LogP contribution is -2.31. The summed E-state index contributed by atoms with van der Waals surface area (Å²) in [6.07, 6.45) is 5.67. The quantitative estimate of drug-likeness (QED) is 0.896. The maximum absolute atomic E-state index is 12.1. The van der Waals surface area contributed by atoms with Crippen LogP contribution in [-0.4, -0.2) is 27.1 Å². The zero-order valence-corrected chi connectivity index (χ0v) is 11.2. The van der Waals surface area contributed by atoms with Gasteiger partial charge in [-0.2, -0.15) is 11.8 Å². The van der Waals surface area contributed by atoms with Gasteiger partial charge in [0.05, 0.1) is 0 Å². The van der Waals surface area contributed by atoms with Crippen molar-refractivity contribution < 1.29 is 0 Å². The van der Waals surface area contributed by atoms with E-state index >= 15 is 0 Å². The van der Waals surface area contributed by atoms with Gasteiger partial charge in [-0.3, -0.25) is 4.79 Å². The van der Waals surface area contributed by atoms with Crippen LogP contribution in [0.3, 0.4) is 0 Å². The summed E-state index contributed by atoms with van der Waals surface area (Å²) in [7, 11) is 0. The summed E-state index contributed by atoms with van der Waals surface area (Å²) in [5.41, 5.74) is -0.0132. The highest BCUT2D eigenvalue weighted by Gasteiger charge is 2.16. The van der Waals surface area contributed by atoms with Gasteiger partial charge in [0, 0.05) is 24.5 Å². The molecule has 1 saturated heterocycles. The molecule has 1 fully saturated rings. The topological polar surface area (TPSA) is 46.9 Å². The molecule has 0 amide bonds. The standard InChI is InChI=1S/C12H19N3OS/c1-9(2)15-6-5-13-11(12(15)16)14-10-3-7-17-8-4-10/h5-6,9-10H,3-4,7-8H2,1-2H3,(H,13,14). The van der Waals surface area contributed by atoms with E-state index in [9.17, 15) is 4.79 Å². The second-order valence-electron chi connectivity index (χ2n) is 4.61. The van der Waals surface area contributed by atoms with Crippen LogP contribution >= 0.6 is 11.8 Å². The molecule has 4 nitrogen and oxygen atoms in total. The molecule has 0 unspecified atom stereocenters. The molecule has 0 bridgehead atoms. The van der Waals surface area contributed by atoms with Crippen molar-refractivity contribution in [3.05, 3.63) is 22.7 Å². The van der Waals surface area contributed by atoms with Gasteiger partial charge in [0.2, 0.25) is 0 Å². The molecule has 1 aliphatic heterocycles. The molecular weight excluding hydrogens is 234 g/mol. The summed E-state index contributed by atoms with van der Waals surface area (Å²) in [4.78, 5) is 16.3. The molecule has 5 heteroatoms. The summed E-state index contributed by atoms with van der Waals surface area (Å²) >= 11 is 1.98. The third-order valence-electron chi connectivity index (χ3n) is 2.99. The van der Waals surface area contributed by atoms with Gasteiger partial charge < -0.3 is 9.88 Å². The van der Waals surface area contributed by atoms with Crippen LogP contribution < -0.4 is 10.9 Å². The first-order valence-corrected chi connectivity index (χ1v) is 7.25. The van der Waals surface area contributed by atoms with Crippen molar-refractivity contribution in [2.45, 2.75) is 38.8 Å². The van der Waals surface area contributed by atoms with Crippen molar-refractivity contribution in [1.82, 2.24) is 9.55 Å². The fraction of sp³-hybridized carbons (Fsp3) is 0.667. The number of nitrogens with one attached hydrogen (secondary N) is 1. The van der Waals surface area contributed by atoms with Gasteiger partial charge in [-0.15, -0.1) is 0 Å². The number of hydrogen-bond acceptors (Lipinski definition) is 4. The highest BCUT2D eigenvalue weighted by atomic mass is 32.2. The number of anilines is 1. The van der Waals surface area contributed by atoms with Crippen molar-refractivity contribution in [2.75, 3.05) is 16.8 Å². The number of nitrogens with zero attached hydrogens (tertiary/aromatic N) is 2. The average molecular weight is 253 g/mol. The predicted octanol–water partition coefficient (Wildman–Crippen LogP) is 2.13. The second kappa shape index (κ2) is 5.58. The second-order valence-corrected chi connectivity index (χ2v) is 5.84. The Balaban J connectivity index is 2.15. The van der Waals surface area contributed by atoms with Crippen molar-refractivity contribution >= 4 is 17.6 Å². The van der Waals surface area contributed by atoms with Crippen LogP contribution in [0, 0.1) is 0 Å². The minimum atomic E-state index is -0.0132. The highest BCUT2D eigenvalue weighted by Crippen LogP contribution is 2.19. The Hall–Kier alpha value is -0.970. The summed E-state index contributed by atoms with van der Waals surface area (Å²) in [6, 6.07) is 0.576. The Bertz CT molecular complexity index is 424. The maximum atomic E-state index is 12.1. The minimum absolute atomic E-state index is 0.0132. The molecule has 0 saturated carbocycles. The van der Waals surface area contributed by atoms with Crippen LogP contribution in [0.5, 0.6) is 0 Å². The van der Waals surface area contributed by atoms with E-state index < -0.39 is 0 Å². The summed E-state index contributed by atoms with van der Waals surface area (Å²) in [6.45, 7) is 4.00. The monoisotopic (exact) mass is 253 g/mol. The molecule has 1 aliphatic rings. The predicted molar refractivity (Wildman–Crippen MR) is 72.9 cm³/mol. The van der Waals surface area contributed by atoms with E-state index in [-0.39, 0.29) is 11.6 Å².